The lowest BCUT2D eigenvalue weighted by molar-refractivity contribution is -0.148. The first kappa shape index (κ1) is 29.9. The molecule has 0 spiro atoms. The standard InChI is InChI=1S/C39H33F2N5O2/c40-29-22-30-35(32-21-20-31(41)36(43-32)44-34-25-18-16-24(17-19-25)33(34)38(47)48)45-46(37(30)42-23-29)39(26-10-4-1-5-11-26,27-12-6-2-7-13-27)28-14-8-3-9-15-28/h1-15,20-25,33-34H,16-19H2,(H,43,44)(H,47,48)/t24?,25?,33-,34-/m0/s1. The molecule has 3 aromatic heterocycles. The van der Waals surface area contributed by atoms with Gasteiger partial charge in [0, 0.05) is 6.04 Å². The van der Waals surface area contributed by atoms with Gasteiger partial charge in [0.05, 0.1) is 23.2 Å². The van der Waals surface area contributed by atoms with Crippen molar-refractivity contribution in [3.05, 3.63) is 144 Å². The molecule has 3 saturated carbocycles. The van der Waals surface area contributed by atoms with Gasteiger partial charge >= 0.3 is 5.97 Å². The van der Waals surface area contributed by atoms with Crippen molar-refractivity contribution in [3.63, 3.8) is 0 Å². The van der Waals surface area contributed by atoms with Crippen LogP contribution in [0.1, 0.15) is 42.4 Å². The van der Waals surface area contributed by atoms with Gasteiger partial charge in [-0.25, -0.2) is 23.4 Å². The van der Waals surface area contributed by atoms with Crippen LogP contribution in [0.3, 0.4) is 0 Å². The molecule has 3 aromatic carbocycles. The molecule has 240 valence electrons. The number of hydrogen-bond acceptors (Lipinski definition) is 5. The van der Waals surface area contributed by atoms with Crippen molar-refractivity contribution in [2.24, 2.45) is 17.8 Å². The second kappa shape index (κ2) is 12.0. The zero-order valence-electron chi connectivity index (χ0n) is 26.0. The van der Waals surface area contributed by atoms with E-state index in [1.807, 2.05) is 95.7 Å². The zero-order valence-corrected chi connectivity index (χ0v) is 26.0. The van der Waals surface area contributed by atoms with Gasteiger partial charge in [0.25, 0.3) is 0 Å². The van der Waals surface area contributed by atoms with Gasteiger partial charge in [-0.1, -0.05) is 91.0 Å². The highest BCUT2D eigenvalue weighted by molar-refractivity contribution is 5.91. The second-order valence-corrected chi connectivity index (χ2v) is 12.8. The molecule has 3 fully saturated rings. The molecule has 2 bridgehead atoms. The van der Waals surface area contributed by atoms with Gasteiger partial charge in [0.1, 0.15) is 17.1 Å². The second-order valence-electron chi connectivity index (χ2n) is 12.8. The first-order chi connectivity index (χ1) is 23.4. The molecule has 0 unspecified atom stereocenters. The predicted octanol–water partition coefficient (Wildman–Crippen LogP) is 7.91. The Balaban J connectivity index is 1.34. The molecule has 0 saturated heterocycles. The number of anilines is 1. The van der Waals surface area contributed by atoms with Crippen LogP contribution in [0.4, 0.5) is 14.6 Å². The minimum absolute atomic E-state index is 0.0381. The maximum absolute atomic E-state index is 15.5. The van der Waals surface area contributed by atoms with Crippen molar-refractivity contribution >= 4 is 22.8 Å². The zero-order chi connectivity index (χ0) is 32.8. The van der Waals surface area contributed by atoms with Crippen molar-refractivity contribution in [2.45, 2.75) is 37.3 Å². The minimum atomic E-state index is -1.04. The summed E-state index contributed by atoms with van der Waals surface area (Å²) in [5.41, 5.74) is 2.74. The number of benzene rings is 3. The number of nitrogens with one attached hydrogen (secondary N) is 1. The Morgan fingerprint density at radius 2 is 1.35 bits per heavy atom. The van der Waals surface area contributed by atoms with Crippen molar-refractivity contribution in [3.8, 4) is 11.4 Å². The van der Waals surface area contributed by atoms with E-state index in [4.69, 9.17) is 10.1 Å². The number of fused-ring (bicyclic) bond motifs is 4. The van der Waals surface area contributed by atoms with Gasteiger partial charge in [-0.15, -0.1) is 0 Å². The van der Waals surface area contributed by atoms with Crippen LogP contribution in [0.5, 0.6) is 0 Å². The summed E-state index contributed by atoms with van der Waals surface area (Å²) in [7, 11) is 0. The highest BCUT2D eigenvalue weighted by Gasteiger charge is 2.48. The first-order valence-electron chi connectivity index (χ1n) is 16.3. The fourth-order valence-corrected chi connectivity index (χ4v) is 8.15. The van der Waals surface area contributed by atoms with Gasteiger partial charge in [0.2, 0.25) is 0 Å². The van der Waals surface area contributed by atoms with Crippen LogP contribution in [-0.4, -0.2) is 36.9 Å². The summed E-state index contributed by atoms with van der Waals surface area (Å²) >= 11 is 0. The first-order valence-corrected chi connectivity index (χ1v) is 16.3. The molecule has 48 heavy (non-hydrogen) atoms. The Kier molecular flexibility index (Phi) is 7.47. The van der Waals surface area contributed by atoms with Gasteiger partial charge in [0.15, 0.2) is 17.3 Å². The largest absolute Gasteiger partial charge is 0.481 e. The number of hydrogen-bond donors (Lipinski definition) is 2. The molecule has 2 atom stereocenters. The number of aromatic nitrogens is 4. The van der Waals surface area contributed by atoms with E-state index in [2.05, 4.69) is 10.3 Å². The number of pyridine rings is 2. The SMILES string of the molecule is O=C(O)[C@H]1C2CCC(CC2)[C@@H]1Nc1nc(-c2nn(C(c3ccccc3)(c3ccccc3)c3ccccc3)c3ncc(F)cc23)ccc1F. The van der Waals surface area contributed by atoms with Gasteiger partial charge in [-0.2, -0.15) is 5.10 Å². The number of rotatable bonds is 8. The monoisotopic (exact) mass is 641 g/mol. The van der Waals surface area contributed by atoms with Crippen molar-refractivity contribution in [1.82, 2.24) is 19.7 Å². The molecular formula is C39H33F2N5O2. The van der Waals surface area contributed by atoms with E-state index in [1.165, 1.54) is 24.4 Å². The Bertz CT molecular complexity index is 2000. The Labute approximate surface area is 276 Å². The maximum atomic E-state index is 15.5. The molecule has 6 aromatic rings. The molecule has 7 nitrogen and oxygen atoms in total. The molecule has 3 aliphatic carbocycles. The fraction of sp³-hybridized carbons (Fsp3) is 0.231. The number of carboxylic acids is 1. The smallest absolute Gasteiger partial charge is 0.308 e. The lowest BCUT2D eigenvalue weighted by Crippen LogP contribution is -2.51. The van der Waals surface area contributed by atoms with Crippen LogP contribution >= 0.6 is 0 Å². The van der Waals surface area contributed by atoms with E-state index in [0.29, 0.717) is 22.4 Å². The van der Waals surface area contributed by atoms with Crippen LogP contribution in [0.25, 0.3) is 22.4 Å². The normalized spacial score (nSPS) is 20.5. The lowest BCUT2D eigenvalue weighted by atomic mass is 9.61. The number of aliphatic carboxylic acids is 1. The molecule has 0 amide bonds. The Morgan fingerprint density at radius 3 is 1.92 bits per heavy atom. The molecule has 3 aliphatic rings. The number of nitrogens with zero attached hydrogens (tertiary/aromatic N) is 4. The third kappa shape index (κ3) is 4.84. The Morgan fingerprint density at radius 1 is 0.792 bits per heavy atom. The van der Waals surface area contributed by atoms with Crippen LogP contribution in [0.15, 0.2) is 115 Å². The highest BCUT2D eigenvalue weighted by Crippen LogP contribution is 2.47. The number of carboxylic acid groups (broad SMARTS) is 1. The van der Waals surface area contributed by atoms with E-state index in [1.54, 1.807) is 0 Å². The summed E-state index contributed by atoms with van der Waals surface area (Å²) in [4.78, 5) is 21.6. The summed E-state index contributed by atoms with van der Waals surface area (Å²) in [6.07, 6.45) is 4.70. The summed E-state index contributed by atoms with van der Waals surface area (Å²) in [5, 5.41) is 18.9. The maximum Gasteiger partial charge on any atom is 0.308 e. The van der Waals surface area contributed by atoms with Crippen LogP contribution < -0.4 is 5.32 Å². The summed E-state index contributed by atoms with van der Waals surface area (Å²) in [5.74, 6) is -2.51. The quantitative estimate of drug-likeness (QED) is 0.164. The number of halogens is 2. The molecule has 0 aliphatic heterocycles. The Hall–Kier alpha value is -5.44. The average molecular weight is 642 g/mol. The van der Waals surface area contributed by atoms with Gasteiger partial charge in [-0.05, 0) is 72.4 Å². The van der Waals surface area contributed by atoms with E-state index in [9.17, 15) is 9.90 Å². The summed E-state index contributed by atoms with van der Waals surface area (Å²) in [6.45, 7) is 0. The van der Waals surface area contributed by atoms with E-state index < -0.39 is 35.1 Å². The molecule has 3 heterocycles. The van der Waals surface area contributed by atoms with Crippen molar-refractivity contribution < 1.29 is 18.7 Å². The number of carbonyl (C=O) groups is 1. The third-order valence-corrected chi connectivity index (χ3v) is 10.3. The van der Waals surface area contributed by atoms with Gasteiger partial charge in [-0.3, -0.25) is 4.79 Å². The van der Waals surface area contributed by atoms with Crippen molar-refractivity contribution in [1.29, 1.82) is 0 Å². The molecule has 0 radical (unpaired) electrons. The minimum Gasteiger partial charge on any atom is -0.481 e. The van der Waals surface area contributed by atoms with Crippen LogP contribution in [-0.2, 0) is 10.3 Å². The van der Waals surface area contributed by atoms with E-state index in [-0.39, 0.29) is 17.7 Å². The highest BCUT2D eigenvalue weighted by atomic mass is 19.1. The van der Waals surface area contributed by atoms with E-state index >= 15 is 8.78 Å². The molecular weight excluding hydrogens is 608 g/mol. The van der Waals surface area contributed by atoms with Crippen LogP contribution in [0, 0.1) is 29.4 Å². The topological polar surface area (TPSA) is 92.9 Å². The average Bonchev–Trinajstić information content (AvgIpc) is 3.50. The molecule has 2 N–H and O–H groups in total. The van der Waals surface area contributed by atoms with E-state index in [0.717, 1.165) is 42.4 Å². The molecule has 9 heteroatoms. The third-order valence-electron chi connectivity index (χ3n) is 10.3. The van der Waals surface area contributed by atoms with Crippen molar-refractivity contribution in [2.75, 3.05) is 5.32 Å². The lowest BCUT2D eigenvalue weighted by Gasteiger charge is -2.47. The summed E-state index contributed by atoms with van der Waals surface area (Å²) < 4.78 is 32.3. The predicted molar refractivity (Wildman–Crippen MR) is 179 cm³/mol. The van der Waals surface area contributed by atoms with Crippen LogP contribution in [0.2, 0.25) is 0 Å². The fourth-order valence-electron chi connectivity index (χ4n) is 8.15. The van der Waals surface area contributed by atoms with Gasteiger partial charge < -0.3 is 10.4 Å². The molecule has 9 rings (SSSR count). The summed E-state index contributed by atoms with van der Waals surface area (Å²) in [6, 6.07) is 33.6.